The van der Waals surface area contributed by atoms with Crippen LogP contribution in [-0.2, 0) is 0 Å². The first-order valence-corrected chi connectivity index (χ1v) is 32.6. The number of alkyl halides is 9. The second-order valence-electron chi connectivity index (χ2n) is 17.4. The number of allylic oxidation sites excluding steroid dienone is 2. The molecule has 0 bridgehead atoms. The smallest absolute Gasteiger partial charge is 0.454 e. The molecule has 9 aromatic carbocycles. The zero-order chi connectivity index (χ0) is 62.8. The lowest BCUT2D eigenvalue weighted by atomic mass is 10.1. The quantitative estimate of drug-likeness (QED) is 0.0376. The monoisotopic (exact) mass is 1460 g/mol. The number of thioether (sulfide) groups is 3. The Morgan fingerprint density at radius 3 is 0.851 bits per heavy atom. The van der Waals surface area contributed by atoms with E-state index in [2.05, 4.69) is 121 Å². The number of hydrogen-bond acceptors (Lipinski definition) is 4. The minimum atomic E-state index is -4.96. The summed E-state index contributed by atoms with van der Waals surface area (Å²) in [5, 5.41) is 5.86. The summed E-state index contributed by atoms with van der Waals surface area (Å²) in [5.41, 5.74) is -1.51. The lowest BCUT2D eigenvalue weighted by molar-refractivity contribution is -0.0885. The molecule has 0 amide bonds. The van der Waals surface area contributed by atoms with Crippen LogP contribution in [0.1, 0.15) is 21.5 Å². The minimum Gasteiger partial charge on any atom is -1.00 e. The van der Waals surface area contributed by atoms with Gasteiger partial charge in [0.05, 0.1) is 56.3 Å². The molecule has 9 rings (SSSR count). The van der Waals surface area contributed by atoms with Crippen molar-refractivity contribution >= 4 is 180 Å². The first-order valence-electron chi connectivity index (χ1n) is 24.5. The molecule has 0 saturated heterocycles. The molecule has 1 nitrogen and oxygen atoms in total. The molecule has 454 valence electrons. The number of halogens is 19. The first-order chi connectivity index (χ1) is 40.7. The van der Waals surface area contributed by atoms with E-state index in [0.717, 1.165) is 76.2 Å². The molecule has 87 heavy (non-hydrogen) atoms. The average Bonchev–Trinajstić information content (AvgIpc) is 0.883. The Morgan fingerprint density at radius 1 is 0.356 bits per heavy atom. The lowest BCUT2D eigenvalue weighted by Gasteiger charge is -2.27. The molecular weight excluding hydrogens is 1430 g/mol. The van der Waals surface area contributed by atoms with Crippen LogP contribution in [0, 0.1) is 0 Å². The number of carbonyl (C=O) groups excluding carboxylic acids is 1. The van der Waals surface area contributed by atoms with Crippen LogP contribution < -0.4 is 28.3 Å². The van der Waals surface area contributed by atoms with Crippen molar-refractivity contribution in [2.75, 3.05) is 5.49 Å². The van der Waals surface area contributed by atoms with Crippen molar-refractivity contribution in [3.63, 3.8) is 0 Å². The van der Waals surface area contributed by atoms with Gasteiger partial charge in [0.1, 0.15) is 28.7 Å². The Bertz CT molecular complexity index is 3450. The largest absolute Gasteiger partial charge is 1.00 e. The van der Waals surface area contributed by atoms with Gasteiger partial charge in [0.15, 0.2) is 0 Å². The summed E-state index contributed by atoms with van der Waals surface area (Å²) < 4.78 is 116. The number of carbonyl (C=O) groups is 1. The molecule has 0 aliphatic heterocycles. The van der Waals surface area contributed by atoms with Crippen LogP contribution in [0.2, 0.25) is 45.2 Å². The molecule has 0 heterocycles. The van der Waals surface area contributed by atoms with Gasteiger partial charge in [-0.15, -0.1) is 0 Å². The third-order valence-corrected chi connectivity index (χ3v) is 23.2. The van der Waals surface area contributed by atoms with Crippen molar-refractivity contribution in [3.8, 4) is 0 Å². The van der Waals surface area contributed by atoms with Crippen LogP contribution >= 0.6 is 147 Å². The fourth-order valence-corrected chi connectivity index (χ4v) is 17.4. The fourth-order valence-electron chi connectivity index (χ4n) is 7.53. The number of ketones is 1. The van der Waals surface area contributed by atoms with E-state index in [0.29, 0.717) is 9.79 Å². The van der Waals surface area contributed by atoms with Gasteiger partial charge < -0.3 is 12.4 Å². The van der Waals surface area contributed by atoms with E-state index in [1.54, 1.807) is 60.7 Å². The molecule has 24 heteroatoms. The molecule has 0 aliphatic carbocycles. The highest BCUT2D eigenvalue weighted by Gasteiger charge is 2.45. The highest BCUT2D eigenvalue weighted by Crippen LogP contribution is 2.58. The van der Waals surface area contributed by atoms with Crippen molar-refractivity contribution in [2.24, 2.45) is 0 Å². The van der Waals surface area contributed by atoms with E-state index in [9.17, 15) is 44.3 Å². The summed E-state index contributed by atoms with van der Waals surface area (Å²) in [7, 11) is -1.76. The number of rotatable bonds is 13. The number of hydrogen-bond donors (Lipinski definition) is 0. The van der Waals surface area contributed by atoms with Crippen LogP contribution in [0.4, 0.5) is 39.5 Å². The summed E-state index contributed by atoms with van der Waals surface area (Å²) in [5.74, 6) is -2.01. The van der Waals surface area contributed by atoms with Gasteiger partial charge in [0.2, 0.25) is 0 Å². The van der Waals surface area contributed by atoms with E-state index in [1.165, 1.54) is 20.8 Å². The zero-order valence-electron chi connectivity index (χ0n) is 43.9. The Morgan fingerprint density at radius 2 is 0.598 bits per heavy atom. The normalized spacial score (nSPS) is 11.8. The summed E-state index contributed by atoms with van der Waals surface area (Å²) in [4.78, 5) is 13.5. The molecule has 0 fully saturated rings. The van der Waals surface area contributed by atoms with Crippen LogP contribution in [0.5, 0.6) is 0 Å². The van der Waals surface area contributed by atoms with Gasteiger partial charge in [-0.25, -0.2) is 0 Å². The van der Waals surface area contributed by atoms with Crippen LogP contribution in [0.25, 0.3) is 11.1 Å². The van der Waals surface area contributed by atoms with Crippen LogP contribution in [0.15, 0.2) is 244 Å². The Hall–Kier alpha value is -4.12. The van der Waals surface area contributed by atoms with Crippen molar-refractivity contribution in [3.05, 3.63) is 291 Å². The zero-order valence-corrected chi connectivity index (χ0v) is 54.8. The second kappa shape index (κ2) is 34.3. The number of Topliss-reactive ketones (excluding diaryl/α,β-unsaturated/α-hetero) is 1. The first kappa shape index (κ1) is 73.6. The topological polar surface area (TPSA) is 17.1 Å². The summed E-state index contributed by atoms with van der Waals surface area (Å²) in [6, 6.07) is 67.6. The van der Waals surface area contributed by atoms with Gasteiger partial charge in [-0.05, 0) is 131 Å². The summed E-state index contributed by atoms with van der Waals surface area (Å²) in [6.45, 7) is 0. The van der Waals surface area contributed by atoms with E-state index >= 15 is 0 Å². The standard InChI is InChI=1S/C25H22PS.2C15H8Cl3F3S.C8H2Cl3F3O.ClH/c1-5-13-22(14-6-1)26(23-15-7-2-8-16-23,24-17-9-3-10-18-24)21-27-25-19-11-4-12-20-25;2*16-12-6-9(7-13(17)14(12)18)11(15(19,20)21)8-22-10-4-2-1-3-5-10;9-4-1-3(2-5(10)6(4)11)7(15)8(12,13)14;/h1-20H,21H2;2*1-8H;1-2H;1H/q+1;;;;/p-1/b;11-8+;11-8-;;. The van der Waals surface area contributed by atoms with Crippen molar-refractivity contribution < 1.29 is 56.7 Å². The van der Waals surface area contributed by atoms with Crippen LogP contribution in [0.3, 0.4) is 0 Å². The molecule has 0 saturated carbocycles. The third kappa shape index (κ3) is 21.5. The van der Waals surface area contributed by atoms with E-state index in [-0.39, 0.29) is 68.7 Å². The maximum absolute atomic E-state index is 13.3. The molecule has 0 aromatic heterocycles. The van der Waals surface area contributed by atoms with Gasteiger partial charge in [0.25, 0.3) is 5.78 Å². The van der Waals surface area contributed by atoms with E-state index in [4.69, 9.17) is 104 Å². The SMILES string of the molecule is FC(F)(F)/C(=C/Sc1ccccc1)c1cc(Cl)c(Cl)c(Cl)c1.FC(F)(F)/C(=C\Sc1ccccc1)c1cc(Cl)c(Cl)c(Cl)c1.O=C(c1cc(Cl)c(Cl)c(Cl)c1)C(F)(F)F.[Cl-].c1ccc(SC[P+](c2ccccc2)(c2ccccc2)c2ccccc2)cc1. The molecular formula is C63H40Cl10F9OPS3. The van der Waals surface area contributed by atoms with Crippen LogP contribution in [-0.4, -0.2) is 29.8 Å². The number of benzene rings is 9. The lowest BCUT2D eigenvalue weighted by Crippen LogP contribution is -3.00. The van der Waals surface area contributed by atoms with Gasteiger partial charge in [-0.2, -0.15) is 39.5 Å². The Balaban J connectivity index is 0.000000215. The van der Waals surface area contributed by atoms with Gasteiger partial charge in [-0.1, -0.05) is 249 Å². The van der Waals surface area contributed by atoms with E-state index < -0.39 is 48.3 Å². The Labute approximate surface area is 561 Å². The minimum absolute atomic E-state index is 0. The second-order valence-corrected chi connectivity index (χ2v) is 27.8. The van der Waals surface area contributed by atoms with Gasteiger partial charge >= 0.3 is 18.5 Å². The molecule has 9 aromatic rings. The third-order valence-electron chi connectivity index (χ3n) is 11.6. The van der Waals surface area contributed by atoms with Crippen molar-refractivity contribution in [1.82, 2.24) is 0 Å². The predicted molar refractivity (Wildman–Crippen MR) is 350 cm³/mol. The molecule has 0 spiro atoms. The van der Waals surface area contributed by atoms with Crippen molar-refractivity contribution in [2.45, 2.75) is 33.2 Å². The maximum Gasteiger partial charge on any atom is 0.454 e. The predicted octanol–water partition coefficient (Wildman–Crippen LogP) is 21.8. The molecule has 0 radical (unpaired) electrons. The molecule has 0 aliphatic rings. The highest BCUT2D eigenvalue weighted by atomic mass is 35.5. The molecule has 0 atom stereocenters. The summed E-state index contributed by atoms with van der Waals surface area (Å²) >= 11 is 55.2. The average molecular weight is 1470 g/mol. The maximum atomic E-state index is 13.3. The highest BCUT2D eigenvalue weighted by molar-refractivity contribution is 8.13. The fraction of sp³-hybridized carbons (Fsp3) is 0.0635. The summed E-state index contributed by atoms with van der Waals surface area (Å²) in [6.07, 6.45) is -14.0. The molecule has 0 N–H and O–H groups in total. The van der Waals surface area contributed by atoms with Gasteiger partial charge in [-0.3, -0.25) is 4.79 Å². The van der Waals surface area contributed by atoms with Crippen molar-refractivity contribution in [1.29, 1.82) is 0 Å². The van der Waals surface area contributed by atoms with E-state index in [1.807, 2.05) is 11.8 Å². The molecule has 0 unspecified atom stereocenters. The van der Waals surface area contributed by atoms with Gasteiger partial charge in [0, 0.05) is 20.2 Å². The Kier molecular flexibility index (Phi) is 29.1.